The largest absolute Gasteiger partial charge is 0.598 e. The fraction of sp³-hybridized carbons (Fsp3) is 0.647. The number of hydrogen-bond acceptors (Lipinski definition) is 4. The summed E-state index contributed by atoms with van der Waals surface area (Å²) >= 11 is -2.11. The van der Waals surface area contributed by atoms with E-state index in [-0.39, 0.29) is 24.4 Å². The van der Waals surface area contributed by atoms with E-state index in [1.807, 2.05) is 0 Å². The summed E-state index contributed by atoms with van der Waals surface area (Å²) in [6.45, 7) is 1.78. The van der Waals surface area contributed by atoms with Crippen molar-refractivity contribution in [1.82, 2.24) is 9.62 Å². The molecule has 1 aliphatic rings. The van der Waals surface area contributed by atoms with Gasteiger partial charge in [0.15, 0.2) is 0 Å². The van der Waals surface area contributed by atoms with Gasteiger partial charge in [0.2, 0.25) is 5.75 Å². The zero-order chi connectivity index (χ0) is 19.2. The van der Waals surface area contributed by atoms with Crippen molar-refractivity contribution in [3.63, 3.8) is 0 Å². The van der Waals surface area contributed by atoms with Crippen molar-refractivity contribution in [2.24, 2.45) is 5.73 Å². The van der Waals surface area contributed by atoms with Crippen LogP contribution >= 0.6 is 0 Å². The maximum atomic E-state index is 13.7. The Hall–Kier alpha value is -0.870. The van der Waals surface area contributed by atoms with Gasteiger partial charge in [0.25, 0.3) is 0 Å². The highest BCUT2D eigenvalue weighted by atomic mass is 32.2. The van der Waals surface area contributed by atoms with Crippen LogP contribution in [0.15, 0.2) is 24.3 Å². The summed E-state index contributed by atoms with van der Waals surface area (Å²) < 4.78 is 64.2. The highest BCUT2D eigenvalue weighted by molar-refractivity contribution is 7.89. The average Bonchev–Trinajstić information content (AvgIpc) is 2.99. The molecule has 1 unspecified atom stereocenters. The number of benzene rings is 1. The van der Waals surface area contributed by atoms with Gasteiger partial charge in [0.05, 0.1) is 6.54 Å². The van der Waals surface area contributed by atoms with E-state index in [0.717, 1.165) is 19.4 Å². The van der Waals surface area contributed by atoms with E-state index >= 15 is 0 Å². The minimum Gasteiger partial charge on any atom is -0.598 e. The molecule has 0 amide bonds. The second kappa shape index (κ2) is 9.89. The van der Waals surface area contributed by atoms with Crippen molar-refractivity contribution in [2.45, 2.75) is 43.9 Å². The van der Waals surface area contributed by atoms with E-state index < -0.39 is 23.3 Å². The first-order chi connectivity index (χ1) is 12.2. The van der Waals surface area contributed by atoms with Crippen LogP contribution in [-0.4, -0.2) is 53.1 Å². The third-order valence-electron chi connectivity index (χ3n) is 4.50. The van der Waals surface area contributed by atoms with Crippen LogP contribution in [0.2, 0.25) is 0 Å². The van der Waals surface area contributed by atoms with Crippen LogP contribution in [0, 0.1) is 5.82 Å². The van der Waals surface area contributed by atoms with Crippen molar-refractivity contribution in [2.75, 3.05) is 25.4 Å². The molecule has 9 heteroatoms. The van der Waals surface area contributed by atoms with E-state index in [1.54, 1.807) is 18.2 Å². The van der Waals surface area contributed by atoms with E-state index in [2.05, 4.69) is 9.62 Å². The second-order valence-electron chi connectivity index (χ2n) is 6.63. The zero-order valence-electron chi connectivity index (χ0n) is 14.5. The number of halogens is 4. The van der Waals surface area contributed by atoms with Crippen molar-refractivity contribution in [3.8, 4) is 0 Å². The lowest BCUT2D eigenvalue weighted by atomic mass is 10.0. The van der Waals surface area contributed by atoms with Crippen LogP contribution < -0.4 is 10.5 Å². The van der Waals surface area contributed by atoms with Gasteiger partial charge in [0, 0.05) is 23.4 Å². The smallest absolute Gasteiger partial charge is 0.435 e. The zero-order valence-corrected chi connectivity index (χ0v) is 15.3. The fourth-order valence-electron chi connectivity index (χ4n) is 3.19. The Kier molecular flexibility index (Phi) is 8.15. The van der Waals surface area contributed by atoms with Crippen LogP contribution in [0.25, 0.3) is 0 Å². The lowest BCUT2D eigenvalue weighted by molar-refractivity contribution is -0.106. The van der Waals surface area contributed by atoms with E-state index in [9.17, 15) is 22.1 Å². The van der Waals surface area contributed by atoms with Gasteiger partial charge >= 0.3 is 6.18 Å². The van der Waals surface area contributed by atoms with Gasteiger partial charge in [-0.05, 0) is 50.4 Å². The molecule has 1 heterocycles. The molecule has 0 saturated carbocycles. The molecule has 0 aliphatic carbocycles. The molecule has 26 heavy (non-hydrogen) atoms. The first-order valence-electron chi connectivity index (χ1n) is 8.66. The minimum atomic E-state index is -4.44. The van der Waals surface area contributed by atoms with Crippen molar-refractivity contribution >= 4 is 11.4 Å². The summed E-state index contributed by atoms with van der Waals surface area (Å²) in [5, 5.41) is 0. The number of alkyl halides is 3. The van der Waals surface area contributed by atoms with Crippen LogP contribution in [0.3, 0.4) is 0 Å². The standard InChI is InChI=1S/C17H25F4N3OS/c18-16-6-2-1-4-13(16)10-14(22)7-9-24-8-3-5-15(24)11-23-26(25)12-17(19,20)21/h1-2,4,6,14-15,23H,3,5,7-12,22H2/t14-,15-,26?/m0/s1. The van der Waals surface area contributed by atoms with Gasteiger partial charge in [-0.15, -0.1) is 4.72 Å². The monoisotopic (exact) mass is 395 g/mol. The number of nitrogens with two attached hydrogens (primary N) is 1. The van der Waals surface area contributed by atoms with E-state index in [1.165, 1.54) is 6.07 Å². The summed E-state index contributed by atoms with van der Waals surface area (Å²) in [6, 6.07) is 6.38. The third-order valence-corrected chi connectivity index (χ3v) is 5.58. The Balaban J connectivity index is 1.73. The molecule has 1 aromatic carbocycles. The van der Waals surface area contributed by atoms with E-state index in [4.69, 9.17) is 5.73 Å². The Bertz CT molecular complexity index is 561. The first kappa shape index (κ1) is 21.4. The topological polar surface area (TPSA) is 64.3 Å². The normalized spacial score (nSPS) is 21.1. The molecule has 0 aromatic heterocycles. The fourth-order valence-corrected chi connectivity index (χ4v) is 3.97. The predicted molar refractivity (Wildman–Crippen MR) is 94.4 cm³/mol. The Morgan fingerprint density at radius 3 is 2.77 bits per heavy atom. The number of nitrogens with zero attached hydrogens (tertiary/aromatic N) is 1. The minimum absolute atomic E-state index is 0.0489. The molecular formula is C17H25F4N3OS. The van der Waals surface area contributed by atoms with Crippen molar-refractivity contribution < 1.29 is 22.1 Å². The maximum absolute atomic E-state index is 13.7. The summed E-state index contributed by atoms with van der Waals surface area (Å²) in [5.74, 6) is -1.61. The first-order valence-corrected chi connectivity index (χ1v) is 9.98. The molecule has 0 bridgehead atoms. The number of rotatable bonds is 9. The maximum Gasteiger partial charge on any atom is 0.435 e. The molecule has 4 nitrogen and oxygen atoms in total. The van der Waals surface area contributed by atoms with Gasteiger partial charge in [-0.25, -0.2) is 4.39 Å². The summed E-state index contributed by atoms with van der Waals surface area (Å²) in [5.41, 5.74) is 6.69. The summed E-state index contributed by atoms with van der Waals surface area (Å²) in [6.07, 6.45) is -1.54. The molecule has 148 valence electrons. The number of likely N-dealkylation sites (tertiary alicyclic amines) is 1. The Morgan fingerprint density at radius 2 is 2.08 bits per heavy atom. The summed E-state index contributed by atoms with van der Waals surface area (Å²) in [4.78, 5) is 2.15. The second-order valence-corrected chi connectivity index (χ2v) is 7.90. The lowest BCUT2D eigenvalue weighted by Gasteiger charge is -2.26. The highest BCUT2D eigenvalue weighted by Crippen LogP contribution is 2.20. The predicted octanol–water partition coefficient (Wildman–Crippen LogP) is 2.37. The third kappa shape index (κ3) is 7.40. The van der Waals surface area contributed by atoms with Crippen molar-refractivity contribution in [3.05, 3.63) is 35.6 Å². The van der Waals surface area contributed by atoms with Gasteiger partial charge in [-0.1, -0.05) is 18.2 Å². The molecule has 1 aromatic rings. The lowest BCUT2D eigenvalue weighted by Crippen LogP contribution is -2.43. The van der Waals surface area contributed by atoms with Crippen LogP contribution in [-0.2, 0) is 17.8 Å². The van der Waals surface area contributed by atoms with Crippen LogP contribution in [0.5, 0.6) is 0 Å². The average molecular weight is 395 g/mol. The van der Waals surface area contributed by atoms with Gasteiger partial charge < -0.3 is 10.3 Å². The summed E-state index contributed by atoms with van der Waals surface area (Å²) in [7, 11) is 0. The van der Waals surface area contributed by atoms with E-state index in [0.29, 0.717) is 24.9 Å². The molecule has 3 atom stereocenters. The van der Waals surface area contributed by atoms with Gasteiger partial charge in [-0.3, -0.25) is 4.90 Å². The molecule has 0 spiro atoms. The van der Waals surface area contributed by atoms with Gasteiger partial charge in [-0.2, -0.15) is 13.2 Å². The SMILES string of the molecule is N[C@@H](CCN1CCC[C@H]1CN[S+]([O-])CC(F)(F)F)Cc1ccccc1F. The quantitative estimate of drug-likeness (QED) is 0.498. The van der Waals surface area contributed by atoms with Crippen molar-refractivity contribution in [1.29, 1.82) is 0 Å². The Morgan fingerprint density at radius 1 is 1.35 bits per heavy atom. The number of hydrogen-bond donors (Lipinski definition) is 2. The Labute approximate surface area is 154 Å². The molecule has 3 N–H and O–H groups in total. The van der Waals surface area contributed by atoms with Gasteiger partial charge in [0.1, 0.15) is 5.82 Å². The molecule has 0 radical (unpaired) electrons. The molecular weight excluding hydrogens is 370 g/mol. The highest BCUT2D eigenvalue weighted by Gasteiger charge is 2.35. The number of nitrogens with one attached hydrogen (secondary N) is 1. The van der Waals surface area contributed by atoms with Crippen LogP contribution in [0.1, 0.15) is 24.8 Å². The molecule has 1 saturated heterocycles. The van der Waals surface area contributed by atoms with Crippen LogP contribution in [0.4, 0.5) is 17.6 Å². The molecule has 2 rings (SSSR count). The molecule has 1 fully saturated rings. The molecule has 1 aliphatic heterocycles.